The van der Waals surface area contributed by atoms with Crippen LogP contribution in [0.5, 0.6) is 0 Å². The Bertz CT molecular complexity index is 1680. The number of nitrogens with one attached hydrogen (secondary N) is 2. The molecule has 4 amide bonds. The number of rotatable bonds is 8. The second kappa shape index (κ2) is 13.2. The molecule has 0 saturated carbocycles. The molecule has 2 N–H and O–H groups in total. The first-order chi connectivity index (χ1) is 20.3. The number of hydrogen-bond donors (Lipinski definition) is 2. The maximum Gasteiger partial charge on any atom is 0.272 e. The van der Waals surface area contributed by atoms with Gasteiger partial charge >= 0.3 is 0 Å². The molecule has 5 rings (SSSR count). The molecule has 1 fully saturated rings. The van der Waals surface area contributed by atoms with E-state index >= 15 is 0 Å². The van der Waals surface area contributed by atoms with Crippen LogP contribution in [0.4, 0.5) is 11.4 Å². The standard InChI is InChI=1S/C32H23BrClN3O4S/c33-22-10-14-24(15-11-22)37-29(38)19-28(32(37)41)42-25-16-12-23(13-17-25)35-31(40)27(18-21-8-4-5-9-26(21)34)36-30(39)20-6-2-1-3-7-20/h1-18,28H,19H2,(H,35,40)(H,36,39)/b27-18-. The predicted octanol–water partition coefficient (Wildman–Crippen LogP) is 6.94. The van der Waals surface area contributed by atoms with E-state index in [2.05, 4.69) is 26.6 Å². The lowest BCUT2D eigenvalue weighted by Gasteiger charge is -2.15. The molecular weight excluding hydrogens is 638 g/mol. The zero-order chi connectivity index (χ0) is 29.6. The van der Waals surface area contributed by atoms with Crippen molar-refractivity contribution in [1.29, 1.82) is 0 Å². The van der Waals surface area contributed by atoms with E-state index in [4.69, 9.17) is 11.6 Å². The van der Waals surface area contributed by atoms with E-state index in [0.717, 1.165) is 9.37 Å². The maximum atomic E-state index is 13.3. The summed E-state index contributed by atoms with van der Waals surface area (Å²) in [6.07, 6.45) is 1.61. The summed E-state index contributed by atoms with van der Waals surface area (Å²) in [5.41, 5.74) is 1.99. The van der Waals surface area contributed by atoms with E-state index in [9.17, 15) is 19.2 Å². The largest absolute Gasteiger partial charge is 0.321 e. The van der Waals surface area contributed by atoms with Gasteiger partial charge in [-0.3, -0.25) is 19.2 Å². The second-order valence-electron chi connectivity index (χ2n) is 9.23. The highest BCUT2D eigenvalue weighted by Gasteiger charge is 2.40. The van der Waals surface area contributed by atoms with Gasteiger partial charge in [0.15, 0.2) is 0 Å². The van der Waals surface area contributed by atoms with Crippen LogP contribution >= 0.6 is 39.3 Å². The predicted molar refractivity (Wildman–Crippen MR) is 169 cm³/mol. The molecule has 0 spiro atoms. The highest BCUT2D eigenvalue weighted by Crippen LogP contribution is 2.34. The molecule has 210 valence electrons. The summed E-state index contributed by atoms with van der Waals surface area (Å²) < 4.78 is 0.855. The third kappa shape index (κ3) is 6.99. The third-order valence-electron chi connectivity index (χ3n) is 6.31. The minimum atomic E-state index is -0.556. The van der Waals surface area contributed by atoms with E-state index in [0.29, 0.717) is 27.5 Å². The Morgan fingerprint density at radius 2 is 1.55 bits per heavy atom. The number of anilines is 2. The molecule has 10 heteroatoms. The number of halogens is 2. The molecule has 1 heterocycles. The van der Waals surface area contributed by atoms with Gasteiger partial charge in [-0.1, -0.05) is 63.9 Å². The lowest BCUT2D eigenvalue weighted by Crippen LogP contribution is -2.31. The number of imide groups is 1. The molecule has 0 aromatic heterocycles. The van der Waals surface area contributed by atoms with Crippen molar-refractivity contribution in [2.24, 2.45) is 0 Å². The highest BCUT2D eigenvalue weighted by atomic mass is 79.9. The van der Waals surface area contributed by atoms with Gasteiger partial charge in [0, 0.05) is 32.1 Å². The second-order valence-corrected chi connectivity index (χ2v) is 11.8. The van der Waals surface area contributed by atoms with Crippen molar-refractivity contribution in [2.75, 3.05) is 10.2 Å². The summed E-state index contributed by atoms with van der Waals surface area (Å²) in [6, 6.07) is 29.5. The van der Waals surface area contributed by atoms with Crippen molar-refractivity contribution in [1.82, 2.24) is 5.32 Å². The SMILES string of the molecule is O=C(Nc1ccc(SC2CC(=O)N(c3ccc(Br)cc3)C2=O)cc1)/C(=C/c1ccccc1Cl)NC(=O)c1ccccc1. The van der Waals surface area contributed by atoms with Gasteiger partial charge in [-0.15, -0.1) is 11.8 Å². The Morgan fingerprint density at radius 3 is 2.24 bits per heavy atom. The first kappa shape index (κ1) is 29.3. The van der Waals surface area contributed by atoms with Gasteiger partial charge in [-0.25, -0.2) is 4.90 Å². The number of thioether (sulfide) groups is 1. The van der Waals surface area contributed by atoms with Gasteiger partial charge in [0.25, 0.3) is 11.8 Å². The lowest BCUT2D eigenvalue weighted by molar-refractivity contribution is -0.121. The Balaban J connectivity index is 1.28. The van der Waals surface area contributed by atoms with Crippen LogP contribution in [0.3, 0.4) is 0 Å². The van der Waals surface area contributed by atoms with Crippen molar-refractivity contribution < 1.29 is 19.2 Å². The van der Waals surface area contributed by atoms with E-state index in [1.807, 2.05) is 0 Å². The van der Waals surface area contributed by atoms with E-state index in [1.54, 1.807) is 103 Å². The van der Waals surface area contributed by atoms with Gasteiger partial charge in [0.2, 0.25) is 11.8 Å². The average Bonchev–Trinajstić information content (AvgIpc) is 3.27. The normalized spacial score (nSPS) is 15.0. The maximum absolute atomic E-state index is 13.3. The molecule has 4 aromatic carbocycles. The number of nitrogens with zero attached hydrogens (tertiary/aromatic N) is 1. The molecule has 0 bridgehead atoms. The van der Waals surface area contributed by atoms with Crippen LogP contribution in [0.25, 0.3) is 6.08 Å². The molecule has 0 radical (unpaired) electrons. The molecule has 1 aliphatic rings. The van der Waals surface area contributed by atoms with Crippen molar-refractivity contribution >= 4 is 80.4 Å². The quantitative estimate of drug-likeness (QED) is 0.158. The van der Waals surface area contributed by atoms with Crippen LogP contribution in [-0.2, 0) is 14.4 Å². The van der Waals surface area contributed by atoms with Crippen molar-refractivity contribution in [3.8, 4) is 0 Å². The van der Waals surface area contributed by atoms with E-state index in [1.165, 1.54) is 22.7 Å². The summed E-state index contributed by atoms with van der Waals surface area (Å²) in [4.78, 5) is 53.8. The average molecular weight is 661 g/mol. The Morgan fingerprint density at radius 1 is 0.881 bits per heavy atom. The molecule has 1 saturated heterocycles. The summed E-state index contributed by atoms with van der Waals surface area (Å²) in [5.74, 6) is -1.50. The zero-order valence-electron chi connectivity index (χ0n) is 21.9. The Labute approximate surface area is 260 Å². The molecule has 1 unspecified atom stereocenters. The fourth-order valence-electron chi connectivity index (χ4n) is 4.23. The minimum absolute atomic E-state index is 0.0125. The van der Waals surface area contributed by atoms with Gasteiger partial charge in [-0.05, 0) is 78.4 Å². The van der Waals surface area contributed by atoms with Crippen LogP contribution in [-0.4, -0.2) is 28.9 Å². The van der Waals surface area contributed by atoms with Crippen LogP contribution in [0, 0.1) is 0 Å². The fourth-order valence-corrected chi connectivity index (χ4v) is 5.74. The molecule has 1 aliphatic heterocycles. The third-order valence-corrected chi connectivity index (χ3v) is 8.38. The zero-order valence-corrected chi connectivity index (χ0v) is 25.1. The molecule has 42 heavy (non-hydrogen) atoms. The molecule has 1 atom stereocenters. The van der Waals surface area contributed by atoms with Crippen molar-refractivity contribution in [3.63, 3.8) is 0 Å². The summed E-state index contributed by atoms with van der Waals surface area (Å²) in [6.45, 7) is 0. The summed E-state index contributed by atoms with van der Waals surface area (Å²) in [5, 5.41) is 5.36. The van der Waals surface area contributed by atoms with Crippen molar-refractivity contribution in [3.05, 3.63) is 129 Å². The topological polar surface area (TPSA) is 95.6 Å². The van der Waals surface area contributed by atoms with Crippen molar-refractivity contribution in [2.45, 2.75) is 16.6 Å². The van der Waals surface area contributed by atoms with Gasteiger partial charge < -0.3 is 10.6 Å². The first-order valence-corrected chi connectivity index (χ1v) is 14.9. The van der Waals surface area contributed by atoms with Crippen LogP contribution in [0.1, 0.15) is 22.3 Å². The minimum Gasteiger partial charge on any atom is -0.321 e. The monoisotopic (exact) mass is 659 g/mol. The molecular formula is C32H23BrClN3O4S. The van der Waals surface area contributed by atoms with E-state index in [-0.39, 0.29) is 23.9 Å². The van der Waals surface area contributed by atoms with Gasteiger partial charge in [0.05, 0.1) is 10.9 Å². The van der Waals surface area contributed by atoms with E-state index < -0.39 is 17.1 Å². The number of benzene rings is 4. The smallest absolute Gasteiger partial charge is 0.272 e. The first-order valence-electron chi connectivity index (χ1n) is 12.8. The number of amides is 4. The Hall–Kier alpha value is -4.18. The number of hydrogen-bond acceptors (Lipinski definition) is 5. The van der Waals surface area contributed by atoms with Gasteiger partial charge in [-0.2, -0.15) is 0 Å². The lowest BCUT2D eigenvalue weighted by atomic mass is 10.1. The number of carbonyl (C=O) groups is 4. The molecule has 7 nitrogen and oxygen atoms in total. The molecule has 4 aromatic rings. The van der Waals surface area contributed by atoms with Crippen LogP contribution < -0.4 is 15.5 Å². The van der Waals surface area contributed by atoms with Crippen LogP contribution in [0.15, 0.2) is 118 Å². The Kier molecular flexibility index (Phi) is 9.22. The highest BCUT2D eigenvalue weighted by molar-refractivity contribution is 9.10. The summed E-state index contributed by atoms with van der Waals surface area (Å²) >= 11 is 11.0. The van der Waals surface area contributed by atoms with Gasteiger partial charge in [0.1, 0.15) is 5.70 Å². The number of carbonyl (C=O) groups excluding carboxylic acids is 4. The van der Waals surface area contributed by atoms with Crippen LogP contribution in [0.2, 0.25) is 5.02 Å². The molecule has 0 aliphatic carbocycles. The summed E-state index contributed by atoms with van der Waals surface area (Å²) in [7, 11) is 0. The fraction of sp³-hybridized carbons (Fsp3) is 0.0625.